The van der Waals surface area contributed by atoms with Gasteiger partial charge in [-0.25, -0.2) is 4.98 Å². The number of aromatic nitrogens is 1. The molecule has 0 saturated heterocycles. The highest BCUT2D eigenvalue weighted by atomic mass is 32.1. The van der Waals surface area contributed by atoms with E-state index < -0.39 is 0 Å². The summed E-state index contributed by atoms with van der Waals surface area (Å²) in [6, 6.07) is 0.436. The Kier molecular flexibility index (Phi) is 4.35. The van der Waals surface area contributed by atoms with Crippen LogP contribution in [0.15, 0.2) is 5.38 Å². The molecule has 3 nitrogen and oxygen atoms in total. The first-order valence-corrected chi connectivity index (χ1v) is 5.90. The Morgan fingerprint density at radius 2 is 2.29 bits per heavy atom. The van der Waals surface area contributed by atoms with Crippen LogP contribution >= 0.6 is 11.3 Å². The van der Waals surface area contributed by atoms with E-state index >= 15 is 0 Å². The van der Waals surface area contributed by atoms with Crippen molar-refractivity contribution in [3.63, 3.8) is 0 Å². The molecule has 0 amide bonds. The van der Waals surface area contributed by atoms with E-state index in [-0.39, 0.29) is 0 Å². The summed E-state index contributed by atoms with van der Waals surface area (Å²) >= 11 is 1.66. The van der Waals surface area contributed by atoms with Crippen molar-refractivity contribution in [3.05, 3.63) is 11.1 Å². The maximum Gasteiger partial charge on any atom is 0.183 e. The van der Waals surface area contributed by atoms with Gasteiger partial charge in [0.25, 0.3) is 0 Å². The molecule has 4 heteroatoms. The van der Waals surface area contributed by atoms with Crippen LogP contribution in [0.3, 0.4) is 0 Å². The lowest BCUT2D eigenvalue weighted by molar-refractivity contribution is 0.498. The van der Waals surface area contributed by atoms with Gasteiger partial charge in [-0.1, -0.05) is 13.8 Å². The molecule has 80 valence electrons. The van der Waals surface area contributed by atoms with Crippen LogP contribution in [0.5, 0.6) is 0 Å². The lowest BCUT2D eigenvalue weighted by Gasteiger charge is -2.21. The molecule has 1 rings (SSSR count). The number of rotatable bonds is 5. The van der Waals surface area contributed by atoms with E-state index in [1.54, 1.807) is 11.3 Å². The first-order chi connectivity index (χ1) is 6.63. The van der Waals surface area contributed by atoms with E-state index in [0.717, 1.165) is 23.8 Å². The van der Waals surface area contributed by atoms with Gasteiger partial charge in [-0.3, -0.25) is 0 Å². The van der Waals surface area contributed by atoms with Crippen LogP contribution in [-0.2, 0) is 0 Å². The second-order valence-corrected chi connectivity index (χ2v) is 4.72. The number of hydrogen-bond acceptors (Lipinski definition) is 4. The molecule has 0 aliphatic heterocycles. The molecule has 0 radical (unpaired) electrons. The summed E-state index contributed by atoms with van der Waals surface area (Å²) in [5, 5.41) is 6.49. The summed E-state index contributed by atoms with van der Waals surface area (Å²) in [5.41, 5.74) is 6.65. The van der Waals surface area contributed by atoms with Gasteiger partial charge in [0.2, 0.25) is 0 Å². The Hall–Kier alpha value is -0.610. The number of anilines is 1. The average Bonchev–Trinajstić information content (AvgIpc) is 2.50. The number of nitrogens with two attached hydrogens (primary N) is 1. The summed E-state index contributed by atoms with van der Waals surface area (Å²) in [5.74, 6) is 0.586. The zero-order valence-electron chi connectivity index (χ0n) is 9.08. The van der Waals surface area contributed by atoms with Crippen molar-refractivity contribution < 1.29 is 0 Å². The summed E-state index contributed by atoms with van der Waals surface area (Å²) in [7, 11) is 0. The Morgan fingerprint density at radius 3 is 2.71 bits per heavy atom. The fourth-order valence-electron chi connectivity index (χ4n) is 1.33. The maximum absolute atomic E-state index is 5.57. The SMILES string of the molecule is Cc1csc(NC(CCN)C(C)C)n1. The highest BCUT2D eigenvalue weighted by molar-refractivity contribution is 7.13. The molecule has 1 atom stereocenters. The Labute approximate surface area is 89.7 Å². The van der Waals surface area contributed by atoms with Crippen molar-refractivity contribution in [2.24, 2.45) is 11.7 Å². The van der Waals surface area contributed by atoms with Crippen LogP contribution in [0, 0.1) is 12.8 Å². The molecule has 0 bridgehead atoms. The quantitative estimate of drug-likeness (QED) is 0.788. The van der Waals surface area contributed by atoms with Crippen molar-refractivity contribution >= 4 is 16.5 Å². The fourth-order valence-corrected chi connectivity index (χ4v) is 2.08. The Balaban J connectivity index is 2.55. The molecule has 0 saturated carbocycles. The standard InChI is InChI=1S/C10H19N3S/c1-7(2)9(4-5-11)13-10-12-8(3)6-14-10/h6-7,9H,4-5,11H2,1-3H3,(H,12,13). The Morgan fingerprint density at radius 1 is 1.57 bits per heavy atom. The largest absolute Gasteiger partial charge is 0.358 e. The highest BCUT2D eigenvalue weighted by Crippen LogP contribution is 2.18. The lowest BCUT2D eigenvalue weighted by Crippen LogP contribution is -2.28. The van der Waals surface area contributed by atoms with Gasteiger partial charge in [-0.15, -0.1) is 11.3 Å². The van der Waals surface area contributed by atoms with Gasteiger partial charge in [0.05, 0.1) is 5.69 Å². The van der Waals surface area contributed by atoms with E-state index in [4.69, 9.17) is 5.73 Å². The monoisotopic (exact) mass is 213 g/mol. The topological polar surface area (TPSA) is 50.9 Å². The van der Waals surface area contributed by atoms with Gasteiger partial charge >= 0.3 is 0 Å². The van der Waals surface area contributed by atoms with Crippen molar-refractivity contribution in [1.29, 1.82) is 0 Å². The van der Waals surface area contributed by atoms with Crippen LogP contribution in [0.2, 0.25) is 0 Å². The average molecular weight is 213 g/mol. The molecule has 1 heterocycles. The third-order valence-electron chi connectivity index (χ3n) is 2.21. The van der Waals surface area contributed by atoms with Gasteiger partial charge in [0.15, 0.2) is 5.13 Å². The lowest BCUT2D eigenvalue weighted by atomic mass is 10.0. The molecular weight excluding hydrogens is 194 g/mol. The third-order valence-corrected chi connectivity index (χ3v) is 3.10. The van der Waals surface area contributed by atoms with Crippen LogP contribution in [-0.4, -0.2) is 17.6 Å². The van der Waals surface area contributed by atoms with Gasteiger partial charge in [0, 0.05) is 11.4 Å². The predicted octanol–water partition coefficient (Wildman–Crippen LogP) is 2.24. The van der Waals surface area contributed by atoms with Gasteiger partial charge in [0.1, 0.15) is 0 Å². The van der Waals surface area contributed by atoms with Crippen LogP contribution < -0.4 is 11.1 Å². The van der Waals surface area contributed by atoms with Crippen LogP contribution in [0.4, 0.5) is 5.13 Å². The minimum atomic E-state index is 0.436. The molecule has 0 fully saturated rings. The number of hydrogen-bond donors (Lipinski definition) is 2. The summed E-state index contributed by atoms with van der Waals surface area (Å²) < 4.78 is 0. The molecule has 0 aliphatic rings. The third kappa shape index (κ3) is 3.27. The molecule has 1 aromatic rings. The summed E-state index contributed by atoms with van der Waals surface area (Å²) in [4.78, 5) is 4.38. The van der Waals surface area contributed by atoms with E-state index in [0.29, 0.717) is 12.0 Å². The van der Waals surface area contributed by atoms with Crippen molar-refractivity contribution in [1.82, 2.24) is 4.98 Å². The number of aryl methyl sites for hydroxylation is 1. The van der Waals surface area contributed by atoms with E-state index in [1.807, 2.05) is 6.92 Å². The molecule has 1 unspecified atom stereocenters. The van der Waals surface area contributed by atoms with Crippen molar-refractivity contribution in [3.8, 4) is 0 Å². The predicted molar refractivity (Wildman–Crippen MR) is 62.8 cm³/mol. The van der Waals surface area contributed by atoms with Gasteiger partial charge in [-0.05, 0) is 25.8 Å². The number of nitrogens with one attached hydrogen (secondary N) is 1. The Bertz CT molecular complexity index is 270. The molecular formula is C10H19N3S. The van der Waals surface area contributed by atoms with Crippen molar-refractivity contribution in [2.45, 2.75) is 33.2 Å². The molecule has 1 aromatic heterocycles. The second kappa shape index (κ2) is 5.32. The fraction of sp³-hybridized carbons (Fsp3) is 0.700. The molecule has 14 heavy (non-hydrogen) atoms. The van der Waals surface area contributed by atoms with Crippen LogP contribution in [0.1, 0.15) is 26.0 Å². The smallest absolute Gasteiger partial charge is 0.183 e. The van der Waals surface area contributed by atoms with Gasteiger partial charge in [-0.2, -0.15) is 0 Å². The summed E-state index contributed by atoms with van der Waals surface area (Å²) in [6.45, 7) is 7.14. The van der Waals surface area contributed by atoms with E-state index in [1.165, 1.54) is 0 Å². The van der Waals surface area contributed by atoms with Crippen molar-refractivity contribution in [2.75, 3.05) is 11.9 Å². The highest BCUT2D eigenvalue weighted by Gasteiger charge is 2.13. The zero-order chi connectivity index (χ0) is 10.6. The minimum absolute atomic E-state index is 0.436. The summed E-state index contributed by atoms with van der Waals surface area (Å²) in [6.07, 6.45) is 0.996. The first-order valence-electron chi connectivity index (χ1n) is 5.02. The normalized spacial score (nSPS) is 13.2. The zero-order valence-corrected chi connectivity index (χ0v) is 9.90. The minimum Gasteiger partial charge on any atom is -0.358 e. The van der Waals surface area contributed by atoms with E-state index in [9.17, 15) is 0 Å². The number of nitrogens with zero attached hydrogens (tertiary/aromatic N) is 1. The molecule has 0 aromatic carbocycles. The molecule has 0 aliphatic carbocycles. The van der Waals surface area contributed by atoms with Gasteiger partial charge < -0.3 is 11.1 Å². The van der Waals surface area contributed by atoms with Crippen LogP contribution in [0.25, 0.3) is 0 Å². The first kappa shape index (κ1) is 11.5. The second-order valence-electron chi connectivity index (χ2n) is 3.87. The number of thiazole rings is 1. The molecule has 0 spiro atoms. The maximum atomic E-state index is 5.57. The van der Waals surface area contributed by atoms with E-state index in [2.05, 4.69) is 29.5 Å². The molecule has 3 N–H and O–H groups in total.